The molecular formula is C14H21N. The van der Waals surface area contributed by atoms with Crippen molar-refractivity contribution < 1.29 is 0 Å². The summed E-state index contributed by atoms with van der Waals surface area (Å²) in [6.07, 6.45) is 11.5. The summed E-state index contributed by atoms with van der Waals surface area (Å²) in [4.78, 5) is 2.62. The largest absolute Gasteiger partial charge is 0.299 e. The maximum absolute atomic E-state index is 2.62. The van der Waals surface area contributed by atoms with E-state index in [2.05, 4.69) is 30.1 Å². The van der Waals surface area contributed by atoms with Gasteiger partial charge in [0, 0.05) is 6.54 Å². The minimum Gasteiger partial charge on any atom is -0.299 e. The molecule has 0 amide bonds. The second-order valence-electron chi connectivity index (χ2n) is 5.62. The van der Waals surface area contributed by atoms with Crippen molar-refractivity contribution in [3.8, 4) is 0 Å². The van der Waals surface area contributed by atoms with Gasteiger partial charge in [-0.1, -0.05) is 25.2 Å². The van der Waals surface area contributed by atoms with Crippen LogP contribution in [0, 0.1) is 17.8 Å². The van der Waals surface area contributed by atoms with Gasteiger partial charge in [0.15, 0.2) is 0 Å². The Kier molecular flexibility index (Phi) is 2.44. The molecule has 1 aliphatic heterocycles. The second kappa shape index (κ2) is 3.79. The van der Waals surface area contributed by atoms with Gasteiger partial charge in [0.1, 0.15) is 0 Å². The minimum atomic E-state index is 0.911. The molecule has 0 N–H and O–H groups in total. The topological polar surface area (TPSA) is 3.24 Å². The van der Waals surface area contributed by atoms with Crippen LogP contribution in [0.5, 0.6) is 0 Å². The van der Waals surface area contributed by atoms with Crippen LogP contribution in [0.2, 0.25) is 0 Å². The quantitative estimate of drug-likeness (QED) is 0.667. The number of fused-ring (bicyclic) bond motifs is 1. The molecule has 1 heteroatoms. The molecule has 0 aromatic carbocycles. The monoisotopic (exact) mass is 203 g/mol. The van der Waals surface area contributed by atoms with E-state index in [4.69, 9.17) is 0 Å². The molecule has 2 fully saturated rings. The lowest BCUT2D eigenvalue weighted by atomic mass is 9.98. The Morgan fingerprint density at radius 3 is 2.80 bits per heavy atom. The third-order valence-electron chi connectivity index (χ3n) is 4.16. The van der Waals surface area contributed by atoms with Crippen LogP contribution in [0.1, 0.15) is 26.2 Å². The highest BCUT2D eigenvalue weighted by atomic mass is 15.1. The predicted octanol–water partition coefficient (Wildman–Crippen LogP) is 2.85. The standard InChI is InChI=1S/C14H21N/c1-11-4-6-15(7-5-11)10-12-2-3-13-9-14(13)8-12/h2-3,8,11,13-14H,4-7,9-10H2,1H3. The van der Waals surface area contributed by atoms with E-state index < -0.39 is 0 Å². The number of likely N-dealkylation sites (tertiary alicyclic amines) is 1. The maximum atomic E-state index is 2.62. The Labute approximate surface area is 92.8 Å². The molecule has 1 nitrogen and oxygen atoms in total. The molecule has 1 saturated heterocycles. The first kappa shape index (κ1) is 9.65. The number of hydrogen-bond donors (Lipinski definition) is 0. The molecule has 2 aliphatic carbocycles. The molecule has 0 aromatic heterocycles. The highest BCUT2D eigenvalue weighted by molar-refractivity contribution is 5.31. The van der Waals surface area contributed by atoms with Gasteiger partial charge >= 0.3 is 0 Å². The summed E-state index contributed by atoms with van der Waals surface area (Å²) in [5, 5.41) is 0. The Morgan fingerprint density at radius 1 is 1.27 bits per heavy atom. The summed E-state index contributed by atoms with van der Waals surface area (Å²) >= 11 is 0. The third-order valence-corrected chi connectivity index (χ3v) is 4.16. The van der Waals surface area contributed by atoms with Crippen molar-refractivity contribution in [3.05, 3.63) is 23.8 Å². The molecule has 0 bridgehead atoms. The first-order chi connectivity index (χ1) is 7.31. The van der Waals surface area contributed by atoms with Crippen LogP contribution < -0.4 is 0 Å². The molecule has 2 unspecified atom stereocenters. The lowest BCUT2D eigenvalue weighted by Gasteiger charge is -2.30. The molecule has 15 heavy (non-hydrogen) atoms. The molecular weight excluding hydrogens is 182 g/mol. The van der Waals surface area contributed by atoms with E-state index in [0.29, 0.717) is 0 Å². The first-order valence-corrected chi connectivity index (χ1v) is 6.42. The fourth-order valence-corrected chi connectivity index (χ4v) is 2.81. The van der Waals surface area contributed by atoms with Crippen LogP contribution in [0.4, 0.5) is 0 Å². The summed E-state index contributed by atoms with van der Waals surface area (Å²) < 4.78 is 0. The minimum absolute atomic E-state index is 0.911. The fourth-order valence-electron chi connectivity index (χ4n) is 2.81. The van der Waals surface area contributed by atoms with E-state index in [1.54, 1.807) is 5.57 Å². The van der Waals surface area contributed by atoms with Gasteiger partial charge in [-0.15, -0.1) is 0 Å². The van der Waals surface area contributed by atoms with E-state index in [1.807, 2.05) is 0 Å². The lowest BCUT2D eigenvalue weighted by Crippen LogP contribution is -2.34. The Bertz CT molecular complexity index is 294. The zero-order valence-electron chi connectivity index (χ0n) is 9.65. The van der Waals surface area contributed by atoms with Crippen molar-refractivity contribution in [3.63, 3.8) is 0 Å². The van der Waals surface area contributed by atoms with Gasteiger partial charge < -0.3 is 0 Å². The molecule has 0 aromatic rings. The van der Waals surface area contributed by atoms with Gasteiger partial charge in [-0.05, 0) is 55.7 Å². The van der Waals surface area contributed by atoms with Gasteiger partial charge in [0.25, 0.3) is 0 Å². The van der Waals surface area contributed by atoms with E-state index >= 15 is 0 Å². The normalized spacial score (nSPS) is 36.2. The number of nitrogens with zero attached hydrogens (tertiary/aromatic N) is 1. The summed E-state index contributed by atoms with van der Waals surface area (Å²) in [6, 6.07) is 0. The van der Waals surface area contributed by atoms with Crippen molar-refractivity contribution in [1.29, 1.82) is 0 Å². The number of hydrogen-bond acceptors (Lipinski definition) is 1. The van der Waals surface area contributed by atoms with Crippen LogP contribution in [0.15, 0.2) is 23.8 Å². The molecule has 3 aliphatic rings. The summed E-state index contributed by atoms with van der Waals surface area (Å²) in [5.74, 6) is 2.77. The van der Waals surface area contributed by atoms with Crippen molar-refractivity contribution in [2.75, 3.05) is 19.6 Å². The van der Waals surface area contributed by atoms with E-state index in [0.717, 1.165) is 17.8 Å². The van der Waals surface area contributed by atoms with Crippen molar-refractivity contribution in [2.24, 2.45) is 17.8 Å². The van der Waals surface area contributed by atoms with Crippen molar-refractivity contribution >= 4 is 0 Å². The zero-order valence-corrected chi connectivity index (χ0v) is 9.65. The van der Waals surface area contributed by atoms with Gasteiger partial charge in [-0.25, -0.2) is 0 Å². The maximum Gasteiger partial charge on any atom is 0.0230 e. The smallest absolute Gasteiger partial charge is 0.0230 e. The molecule has 1 heterocycles. The average molecular weight is 203 g/mol. The predicted molar refractivity (Wildman–Crippen MR) is 63.7 cm³/mol. The number of allylic oxidation sites excluding steroid dienone is 2. The Hall–Kier alpha value is -0.560. The molecule has 0 spiro atoms. The van der Waals surface area contributed by atoms with Gasteiger partial charge in [-0.2, -0.15) is 0 Å². The van der Waals surface area contributed by atoms with Crippen LogP contribution in [-0.2, 0) is 0 Å². The molecule has 82 valence electrons. The van der Waals surface area contributed by atoms with Crippen LogP contribution >= 0.6 is 0 Å². The van der Waals surface area contributed by atoms with Crippen molar-refractivity contribution in [2.45, 2.75) is 26.2 Å². The number of rotatable bonds is 2. The van der Waals surface area contributed by atoms with Crippen molar-refractivity contribution in [1.82, 2.24) is 4.90 Å². The van der Waals surface area contributed by atoms with Crippen LogP contribution in [0.3, 0.4) is 0 Å². The Morgan fingerprint density at radius 2 is 2.07 bits per heavy atom. The van der Waals surface area contributed by atoms with Gasteiger partial charge in [0.2, 0.25) is 0 Å². The SMILES string of the molecule is CC1CCN(CC2=CC3CC3C=C2)CC1. The lowest BCUT2D eigenvalue weighted by molar-refractivity contribution is 0.207. The van der Waals surface area contributed by atoms with E-state index in [1.165, 1.54) is 38.9 Å². The van der Waals surface area contributed by atoms with E-state index in [9.17, 15) is 0 Å². The highest BCUT2D eigenvalue weighted by Gasteiger charge is 2.35. The van der Waals surface area contributed by atoms with Crippen LogP contribution in [-0.4, -0.2) is 24.5 Å². The first-order valence-electron chi connectivity index (χ1n) is 6.42. The summed E-state index contributed by atoms with van der Waals surface area (Å²) in [7, 11) is 0. The van der Waals surface area contributed by atoms with Gasteiger partial charge in [0.05, 0.1) is 0 Å². The molecule has 1 saturated carbocycles. The summed E-state index contributed by atoms with van der Waals surface area (Å²) in [5.41, 5.74) is 1.57. The van der Waals surface area contributed by atoms with Gasteiger partial charge in [-0.3, -0.25) is 4.90 Å². The molecule has 0 radical (unpaired) electrons. The number of piperidine rings is 1. The average Bonchev–Trinajstić information content (AvgIpc) is 3.00. The summed E-state index contributed by atoms with van der Waals surface area (Å²) in [6.45, 7) is 6.19. The van der Waals surface area contributed by atoms with E-state index in [-0.39, 0.29) is 0 Å². The third kappa shape index (κ3) is 2.17. The zero-order chi connectivity index (χ0) is 10.3. The molecule has 3 rings (SSSR count). The highest BCUT2D eigenvalue weighted by Crippen LogP contribution is 2.44. The van der Waals surface area contributed by atoms with Crippen LogP contribution in [0.25, 0.3) is 0 Å². The Balaban J connectivity index is 1.55. The fraction of sp³-hybridized carbons (Fsp3) is 0.714. The second-order valence-corrected chi connectivity index (χ2v) is 5.62. The molecule has 2 atom stereocenters.